The van der Waals surface area contributed by atoms with Gasteiger partial charge in [-0.25, -0.2) is 37.1 Å². The van der Waals surface area contributed by atoms with Crippen molar-refractivity contribution in [2.75, 3.05) is 12.0 Å². The van der Waals surface area contributed by atoms with Crippen molar-refractivity contribution >= 4 is 27.8 Å². The highest BCUT2D eigenvalue weighted by Crippen LogP contribution is 2.35. The molecule has 0 bridgehead atoms. The van der Waals surface area contributed by atoms with Crippen molar-refractivity contribution in [3.8, 4) is 0 Å². The Hall–Kier alpha value is -2.86. The molecule has 0 saturated heterocycles. The Morgan fingerprint density at radius 2 is 2.03 bits per heavy atom. The number of rotatable bonds is 7. The largest absolute Gasteiger partial charge is 0.446 e. The van der Waals surface area contributed by atoms with E-state index in [4.69, 9.17) is 9.88 Å². The number of ether oxygens (including phenoxy) is 1. The van der Waals surface area contributed by atoms with Crippen molar-refractivity contribution in [1.82, 2.24) is 15.3 Å². The number of nitrogens with one attached hydrogen (secondary N) is 2. The molecule has 31 heavy (non-hydrogen) atoms. The zero-order chi connectivity index (χ0) is 22.6. The van der Waals surface area contributed by atoms with Gasteiger partial charge in [-0.15, -0.1) is 0 Å². The second-order valence-corrected chi connectivity index (χ2v) is 8.95. The normalized spacial score (nSPS) is 19.6. The number of nitrogens with two attached hydrogens (primary N) is 1. The van der Waals surface area contributed by atoms with Crippen LogP contribution in [0.15, 0.2) is 35.5 Å². The van der Waals surface area contributed by atoms with E-state index in [1.807, 2.05) is 0 Å². The molecule has 1 aromatic heterocycles. The second-order valence-electron chi connectivity index (χ2n) is 7.39. The first-order valence-electron chi connectivity index (χ1n) is 9.60. The van der Waals surface area contributed by atoms with Crippen molar-refractivity contribution in [3.05, 3.63) is 42.0 Å². The van der Waals surface area contributed by atoms with E-state index in [0.29, 0.717) is 12.8 Å². The van der Waals surface area contributed by atoms with E-state index in [-0.39, 0.29) is 28.6 Å². The third-order valence-electron chi connectivity index (χ3n) is 4.91. The summed E-state index contributed by atoms with van der Waals surface area (Å²) in [6.45, 7) is 0.881. The summed E-state index contributed by atoms with van der Waals surface area (Å²) < 4.78 is 54.5. The Labute approximate surface area is 178 Å². The first kappa shape index (κ1) is 22.8. The molecule has 3 rings (SSSR count). The number of hydrogen-bond donors (Lipinski definition) is 3. The lowest BCUT2D eigenvalue weighted by Crippen LogP contribution is -2.36. The minimum Gasteiger partial charge on any atom is -0.446 e. The molecule has 0 spiro atoms. The number of hydrogen-bond acceptors (Lipinski definition) is 7. The summed E-state index contributed by atoms with van der Waals surface area (Å²) in [5.74, 6) is -0.581. The maximum absolute atomic E-state index is 14.1. The number of amides is 1. The van der Waals surface area contributed by atoms with Crippen LogP contribution in [0.2, 0.25) is 0 Å². The van der Waals surface area contributed by atoms with Gasteiger partial charge >= 0.3 is 6.09 Å². The summed E-state index contributed by atoms with van der Waals surface area (Å²) in [5.41, 5.74) is 0.849. The zero-order valence-corrected chi connectivity index (χ0v) is 17.5. The van der Waals surface area contributed by atoms with E-state index in [1.165, 1.54) is 12.1 Å². The van der Waals surface area contributed by atoms with Crippen LogP contribution >= 0.6 is 0 Å². The Balaban J connectivity index is 1.58. The molecule has 3 atom stereocenters. The summed E-state index contributed by atoms with van der Waals surface area (Å²) in [5, 5.41) is 10.1. The van der Waals surface area contributed by atoms with Crippen LogP contribution in [0.5, 0.6) is 0 Å². The molecule has 1 amide bonds. The summed E-state index contributed by atoms with van der Waals surface area (Å²) in [7, 11) is -4.00. The molecule has 1 fully saturated rings. The number of anilines is 2. The number of nitrogens with zero attached hydrogens (tertiary/aromatic N) is 2. The lowest BCUT2D eigenvalue weighted by molar-refractivity contribution is 0.0965. The van der Waals surface area contributed by atoms with Crippen LogP contribution in [0.3, 0.4) is 0 Å². The van der Waals surface area contributed by atoms with Gasteiger partial charge in [-0.3, -0.25) is 0 Å². The summed E-state index contributed by atoms with van der Waals surface area (Å²) in [6, 6.07) is 2.63. The maximum Gasteiger partial charge on any atom is 0.407 e. The minimum atomic E-state index is -4.00. The molecule has 1 unspecified atom stereocenters. The molecule has 0 radical (unpaired) electrons. The average molecular weight is 455 g/mol. The van der Waals surface area contributed by atoms with E-state index in [2.05, 4.69) is 20.6 Å². The van der Waals surface area contributed by atoms with Gasteiger partial charge in [0.1, 0.15) is 18.6 Å². The highest BCUT2D eigenvalue weighted by atomic mass is 32.2. The van der Waals surface area contributed by atoms with E-state index in [9.17, 15) is 22.0 Å². The standard InChI is InChI=1S/C19H23F2N5O4S/c1-11(8-20)25-19(27)30-14-3-2-12(6-14)13-9-23-18(24-10-13)26-17-5-4-15(7-16(17)21)31(22,28)29/h4-5,7,9-12,14H,2-3,6,8H2,1H3,(H,25,27)(H2,22,28,29)(H,23,24,26)/t11?,12-,14+/m0/s1. The quantitative estimate of drug-likeness (QED) is 0.584. The Kier molecular flexibility index (Phi) is 7.01. The van der Waals surface area contributed by atoms with E-state index < -0.39 is 34.7 Å². The summed E-state index contributed by atoms with van der Waals surface area (Å²) in [4.78, 5) is 19.7. The number of aromatic nitrogens is 2. The number of halogens is 2. The van der Waals surface area contributed by atoms with Crippen molar-refractivity contribution in [2.45, 2.75) is 49.1 Å². The number of alkyl carbamates (subject to hydrolysis) is 1. The van der Waals surface area contributed by atoms with Crippen LogP contribution in [0.1, 0.15) is 37.7 Å². The molecule has 4 N–H and O–H groups in total. The van der Waals surface area contributed by atoms with E-state index >= 15 is 0 Å². The van der Waals surface area contributed by atoms with Crippen LogP contribution in [0.25, 0.3) is 0 Å². The van der Waals surface area contributed by atoms with Gasteiger partial charge in [0, 0.05) is 12.4 Å². The molecular weight excluding hydrogens is 432 g/mol. The van der Waals surface area contributed by atoms with Crippen LogP contribution in [0, 0.1) is 5.82 Å². The Morgan fingerprint density at radius 3 is 2.65 bits per heavy atom. The van der Waals surface area contributed by atoms with Crippen molar-refractivity contribution in [2.24, 2.45) is 5.14 Å². The summed E-state index contributed by atoms with van der Waals surface area (Å²) in [6.07, 6.45) is 4.33. The fraction of sp³-hybridized carbons (Fsp3) is 0.421. The van der Waals surface area contributed by atoms with Crippen LogP contribution in [0.4, 0.5) is 25.2 Å². The van der Waals surface area contributed by atoms with Gasteiger partial charge in [0.25, 0.3) is 0 Å². The number of carbonyl (C=O) groups excluding carboxylic acids is 1. The monoisotopic (exact) mass is 455 g/mol. The van der Waals surface area contributed by atoms with Gasteiger partial charge in [0.05, 0.1) is 16.6 Å². The third-order valence-corrected chi connectivity index (χ3v) is 5.82. The zero-order valence-electron chi connectivity index (χ0n) is 16.7. The van der Waals surface area contributed by atoms with Crippen LogP contribution in [-0.2, 0) is 14.8 Å². The molecule has 0 aliphatic heterocycles. The van der Waals surface area contributed by atoms with Gasteiger partial charge in [0.15, 0.2) is 0 Å². The van der Waals surface area contributed by atoms with Gasteiger partial charge in [-0.05, 0) is 55.9 Å². The van der Waals surface area contributed by atoms with Gasteiger partial charge in [-0.2, -0.15) is 0 Å². The molecular formula is C19H23F2N5O4S. The Bertz CT molecular complexity index is 1040. The molecule has 1 aromatic carbocycles. The molecule has 2 aromatic rings. The third kappa shape index (κ3) is 6.07. The molecule has 1 saturated carbocycles. The summed E-state index contributed by atoms with van der Waals surface area (Å²) >= 11 is 0. The number of benzene rings is 1. The average Bonchev–Trinajstić information content (AvgIpc) is 3.17. The fourth-order valence-corrected chi connectivity index (χ4v) is 3.81. The van der Waals surface area contributed by atoms with Crippen LogP contribution < -0.4 is 15.8 Å². The number of primary sulfonamides is 1. The van der Waals surface area contributed by atoms with Gasteiger partial charge in [-0.1, -0.05) is 0 Å². The molecule has 1 heterocycles. The van der Waals surface area contributed by atoms with E-state index in [1.54, 1.807) is 19.3 Å². The van der Waals surface area contributed by atoms with Crippen molar-refractivity contribution in [3.63, 3.8) is 0 Å². The minimum absolute atomic E-state index is 0.00278. The molecule has 12 heteroatoms. The number of alkyl halides is 1. The first-order chi connectivity index (χ1) is 14.7. The van der Waals surface area contributed by atoms with E-state index in [0.717, 1.165) is 18.1 Å². The number of sulfonamides is 1. The highest BCUT2D eigenvalue weighted by molar-refractivity contribution is 7.89. The maximum atomic E-state index is 14.1. The van der Waals surface area contributed by atoms with Crippen LogP contribution in [-0.4, -0.2) is 43.3 Å². The highest BCUT2D eigenvalue weighted by Gasteiger charge is 2.29. The Morgan fingerprint density at radius 1 is 1.32 bits per heavy atom. The van der Waals surface area contributed by atoms with Gasteiger partial charge < -0.3 is 15.4 Å². The van der Waals surface area contributed by atoms with Gasteiger partial charge in [0.2, 0.25) is 16.0 Å². The first-order valence-corrected chi connectivity index (χ1v) is 11.1. The number of carbonyl (C=O) groups is 1. The molecule has 9 nitrogen and oxygen atoms in total. The predicted octanol–water partition coefficient (Wildman–Crippen LogP) is 2.73. The topological polar surface area (TPSA) is 136 Å². The fourth-order valence-electron chi connectivity index (χ4n) is 3.28. The molecule has 1 aliphatic carbocycles. The lowest BCUT2D eigenvalue weighted by Gasteiger charge is -2.15. The SMILES string of the molecule is CC(CF)NC(=O)O[C@@H]1CC[C@H](c2cnc(Nc3ccc(S(N)(=O)=O)cc3F)nc2)C1. The lowest BCUT2D eigenvalue weighted by atomic mass is 10.0. The van der Waals surface area contributed by atoms with Crippen molar-refractivity contribution in [1.29, 1.82) is 0 Å². The molecule has 1 aliphatic rings. The second kappa shape index (κ2) is 9.52. The molecule has 168 valence electrons. The smallest absolute Gasteiger partial charge is 0.407 e. The predicted molar refractivity (Wildman–Crippen MR) is 109 cm³/mol. The van der Waals surface area contributed by atoms with Crippen molar-refractivity contribution < 1.29 is 26.7 Å².